The molecule has 0 fully saturated rings. The molecule has 110 valence electrons. The highest BCUT2D eigenvalue weighted by molar-refractivity contribution is 5.77. The molecule has 0 heterocycles. The number of carbonyl (C=O) groups excluding carboxylic acids is 1. The number of ether oxygens (including phenoxy) is 1. The van der Waals surface area contributed by atoms with Crippen LogP contribution in [0.15, 0.2) is 18.2 Å². The Morgan fingerprint density at radius 2 is 2.25 bits per heavy atom. The number of benzene rings is 1. The van der Waals surface area contributed by atoms with Gasteiger partial charge in [0.2, 0.25) is 0 Å². The summed E-state index contributed by atoms with van der Waals surface area (Å²) in [7, 11) is 0. The zero-order valence-corrected chi connectivity index (χ0v) is 12.4. The van der Waals surface area contributed by atoms with Crippen molar-refractivity contribution < 1.29 is 9.53 Å². The zero-order valence-electron chi connectivity index (χ0n) is 12.4. The molecule has 2 N–H and O–H groups in total. The smallest absolute Gasteiger partial charge is 0.257 e. The lowest BCUT2D eigenvalue weighted by atomic mass is 10.1. The van der Waals surface area contributed by atoms with Gasteiger partial charge in [-0.3, -0.25) is 4.79 Å². The fourth-order valence-electron chi connectivity index (χ4n) is 2.68. The first-order valence-corrected chi connectivity index (χ1v) is 7.50. The van der Waals surface area contributed by atoms with Crippen LogP contribution < -0.4 is 15.4 Å². The van der Waals surface area contributed by atoms with Gasteiger partial charge in [-0.1, -0.05) is 19.1 Å². The van der Waals surface area contributed by atoms with Crippen molar-refractivity contribution in [3.63, 3.8) is 0 Å². The second-order valence-corrected chi connectivity index (χ2v) is 5.11. The molecule has 0 aliphatic heterocycles. The molecule has 0 saturated carbocycles. The van der Waals surface area contributed by atoms with Crippen LogP contribution in [-0.2, 0) is 11.2 Å². The lowest BCUT2D eigenvalue weighted by Gasteiger charge is -2.14. The van der Waals surface area contributed by atoms with Crippen molar-refractivity contribution in [1.82, 2.24) is 10.6 Å². The molecule has 1 atom stereocenters. The van der Waals surface area contributed by atoms with E-state index in [2.05, 4.69) is 23.6 Å². The fraction of sp³-hybridized carbons (Fsp3) is 0.562. The molecule has 0 bridgehead atoms. The summed E-state index contributed by atoms with van der Waals surface area (Å²) >= 11 is 0. The highest BCUT2D eigenvalue weighted by Gasteiger charge is 2.24. The third kappa shape index (κ3) is 3.51. The van der Waals surface area contributed by atoms with Crippen LogP contribution in [0.2, 0.25) is 0 Å². The predicted molar refractivity (Wildman–Crippen MR) is 80.0 cm³/mol. The average molecular weight is 276 g/mol. The zero-order chi connectivity index (χ0) is 14.4. The molecular formula is C16H24N2O2. The Hall–Kier alpha value is -1.55. The average Bonchev–Trinajstić information content (AvgIpc) is 2.87. The van der Waals surface area contributed by atoms with Crippen molar-refractivity contribution in [2.24, 2.45) is 0 Å². The van der Waals surface area contributed by atoms with E-state index in [1.54, 1.807) is 0 Å². The largest absolute Gasteiger partial charge is 0.483 e. The van der Waals surface area contributed by atoms with Crippen molar-refractivity contribution in [1.29, 1.82) is 0 Å². The molecule has 0 spiro atoms. The van der Waals surface area contributed by atoms with Crippen LogP contribution >= 0.6 is 0 Å². The molecule has 0 saturated heterocycles. The second-order valence-electron chi connectivity index (χ2n) is 5.11. The van der Waals surface area contributed by atoms with Gasteiger partial charge in [0.1, 0.15) is 5.75 Å². The standard InChI is InChI=1S/C16H24N2O2/c1-3-10-18-14-9-8-13-12(14)6-5-7-15(13)20-11-16(19)17-4-2/h5-7,14,18H,3-4,8-11H2,1-2H3,(H,17,19). The number of hydrogen-bond donors (Lipinski definition) is 2. The SMILES string of the molecule is CCCNC1CCc2c(OCC(=O)NCC)cccc21. The van der Waals surface area contributed by atoms with Crippen molar-refractivity contribution in [2.75, 3.05) is 19.7 Å². The van der Waals surface area contributed by atoms with Crippen molar-refractivity contribution in [2.45, 2.75) is 39.2 Å². The summed E-state index contributed by atoms with van der Waals surface area (Å²) in [6.07, 6.45) is 3.26. The van der Waals surface area contributed by atoms with Crippen molar-refractivity contribution >= 4 is 5.91 Å². The van der Waals surface area contributed by atoms with Crippen LogP contribution in [0.1, 0.15) is 43.9 Å². The Balaban J connectivity index is 2.02. The highest BCUT2D eigenvalue weighted by atomic mass is 16.5. The molecule has 1 aliphatic rings. The van der Waals surface area contributed by atoms with E-state index in [-0.39, 0.29) is 12.5 Å². The number of amides is 1. The first-order chi connectivity index (χ1) is 9.76. The molecule has 1 aliphatic carbocycles. The number of fused-ring (bicyclic) bond motifs is 1. The van der Waals surface area contributed by atoms with Gasteiger partial charge in [-0.25, -0.2) is 0 Å². The topological polar surface area (TPSA) is 50.4 Å². The molecule has 20 heavy (non-hydrogen) atoms. The van der Waals surface area contributed by atoms with Gasteiger partial charge in [0, 0.05) is 12.6 Å². The van der Waals surface area contributed by atoms with Gasteiger partial charge in [-0.15, -0.1) is 0 Å². The molecule has 1 aromatic carbocycles. The van der Waals surface area contributed by atoms with Crippen molar-refractivity contribution in [3.05, 3.63) is 29.3 Å². The van der Waals surface area contributed by atoms with Gasteiger partial charge in [-0.05, 0) is 49.9 Å². The minimum absolute atomic E-state index is 0.0660. The number of nitrogens with one attached hydrogen (secondary N) is 2. The van der Waals surface area contributed by atoms with Crippen LogP contribution in [0.4, 0.5) is 0 Å². The minimum atomic E-state index is -0.0660. The summed E-state index contributed by atoms with van der Waals surface area (Å²) in [6, 6.07) is 6.56. The van der Waals surface area contributed by atoms with Crippen LogP contribution in [0.25, 0.3) is 0 Å². The van der Waals surface area contributed by atoms with Gasteiger partial charge in [0.25, 0.3) is 5.91 Å². The summed E-state index contributed by atoms with van der Waals surface area (Å²) in [5.41, 5.74) is 2.58. The minimum Gasteiger partial charge on any atom is -0.483 e. The molecule has 1 amide bonds. The quantitative estimate of drug-likeness (QED) is 0.802. The number of carbonyl (C=O) groups is 1. The van der Waals surface area contributed by atoms with Crippen LogP contribution in [0, 0.1) is 0 Å². The van der Waals surface area contributed by atoms with Gasteiger partial charge >= 0.3 is 0 Å². The van der Waals surface area contributed by atoms with Crippen molar-refractivity contribution in [3.8, 4) is 5.75 Å². The predicted octanol–water partition coefficient (Wildman–Crippen LogP) is 2.19. The summed E-state index contributed by atoms with van der Waals surface area (Å²) < 4.78 is 5.68. The molecular weight excluding hydrogens is 252 g/mol. The van der Waals surface area contributed by atoms with E-state index in [9.17, 15) is 4.79 Å². The Morgan fingerprint density at radius 1 is 1.40 bits per heavy atom. The normalized spacial score (nSPS) is 16.8. The van der Waals surface area contributed by atoms with Crippen LogP contribution in [-0.4, -0.2) is 25.6 Å². The number of likely N-dealkylation sites (N-methyl/N-ethyl adjacent to an activating group) is 1. The van der Waals surface area contributed by atoms with E-state index in [0.29, 0.717) is 12.6 Å². The lowest BCUT2D eigenvalue weighted by Crippen LogP contribution is -2.28. The van der Waals surface area contributed by atoms with E-state index < -0.39 is 0 Å². The maximum absolute atomic E-state index is 11.5. The van der Waals surface area contributed by atoms with Gasteiger partial charge in [0.15, 0.2) is 6.61 Å². The summed E-state index contributed by atoms with van der Waals surface area (Å²) in [6.45, 7) is 5.85. The van der Waals surface area contributed by atoms with E-state index in [1.165, 1.54) is 11.1 Å². The lowest BCUT2D eigenvalue weighted by molar-refractivity contribution is -0.122. The maximum atomic E-state index is 11.5. The Bertz CT molecular complexity index is 460. The molecule has 0 aromatic heterocycles. The third-order valence-corrected chi connectivity index (χ3v) is 3.60. The van der Waals surface area contributed by atoms with Gasteiger partial charge < -0.3 is 15.4 Å². The summed E-state index contributed by atoms with van der Waals surface area (Å²) in [5.74, 6) is 0.790. The van der Waals surface area contributed by atoms with Crippen LogP contribution in [0.3, 0.4) is 0 Å². The van der Waals surface area contributed by atoms with Gasteiger partial charge in [0.05, 0.1) is 0 Å². The van der Waals surface area contributed by atoms with E-state index in [4.69, 9.17) is 4.74 Å². The summed E-state index contributed by atoms with van der Waals surface area (Å²) in [4.78, 5) is 11.5. The monoisotopic (exact) mass is 276 g/mol. The van der Waals surface area contributed by atoms with Gasteiger partial charge in [-0.2, -0.15) is 0 Å². The second kappa shape index (κ2) is 7.29. The highest BCUT2D eigenvalue weighted by Crippen LogP contribution is 2.36. The molecule has 2 rings (SSSR count). The number of hydrogen-bond acceptors (Lipinski definition) is 3. The van der Waals surface area contributed by atoms with Crippen LogP contribution in [0.5, 0.6) is 5.75 Å². The molecule has 1 aromatic rings. The van der Waals surface area contributed by atoms with E-state index in [1.807, 2.05) is 19.1 Å². The maximum Gasteiger partial charge on any atom is 0.257 e. The Morgan fingerprint density at radius 3 is 3.00 bits per heavy atom. The van der Waals surface area contributed by atoms with E-state index >= 15 is 0 Å². The number of rotatable bonds is 7. The molecule has 4 nitrogen and oxygen atoms in total. The first-order valence-electron chi connectivity index (χ1n) is 7.50. The summed E-state index contributed by atoms with van der Waals surface area (Å²) in [5, 5.41) is 6.31. The molecule has 1 unspecified atom stereocenters. The molecule has 4 heteroatoms. The Kier molecular flexibility index (Phi) is 5.41. The third-order valence-electron chi connectivity index (χ3n) is 3.60. The fourth-order valence-corrected chi connectivity index (χ4v) is 2.68. The van der Waals surface area contributed by atoms with E-state index in [0.717, 1.165) is 31.6 Å². The Labute approximate surface area is 120 Å². The molecule has 0 radical (unpaired) electrons. The first kappa shape index (κ1) is 14.9.